The van der Waals surface area contributed by atoms with Crippen LogP contribution in [0.3, 0.4) is 0 Å². The highest BCUT2D eigenvalue weighted by Gasteiger charge is 2.27. The molecule has 1 aromatic carbocycles. The molecule has 34 heavy (non-hydrogen) atoms. The number of rotatable bonds is 8. The van der Waals surface area contributed by atoms with Gasteiger partial charge in [-0.1, -0.05) is 45.4 Å². The summed E-state index contributed by atoms with van der Waals surface area (Å²) in [6.45, 7) is 9.08. The molecule has 0 spiro atoms. The van der Waals surface area contributed by atoms with Crippen LogP contribution in [-0.2, 0) is 13.0 Å². The Bertz CT molecular complexity index is 996. The maximum Gasteiger partial charge on any atom is 0.387 e. The van der Waals surface area contributed by atoms with Gasteiger partial charge in [-0.3, -0.25) is 9.48 Å². The van der Waals surface area contributed by atoms with Gasteiger partial charge >= 0.3 is 6.61 Å². The second-order valence-electron chi connectivity index (χ2n) is 10.3. The van der Waals surface area contributed by atoms with Gasteiger partial charge < -0.3 is 15.4 Å². The van der Waals surface area contributed by atoms with Gasteiger partial charge in [-0.05, 0) is 61.8 Å². The van der Waals surface area contributed by atoms with Crippen LogP contribution in [-0.4, -0.2) is 41.4 Å². The van der Waals surface area contributed by atoms with Crippen molar-refractivity contribution in [2.45, 2.75) is 73.1 Å². The van der Waals surface area contributed by atoms with Crippen molar-refractivity contribution in [1.82, 2.24) is 20.4 Å². The summed E-state index contributed by atoms with van der Waals surface area (Å²) < 4.78 is 32.9. The molecule has 1 aliphatic rings. The third-order valence-corrected chi connectivity index (χ3v) is 6.29. The summed E-state index contributed by atoms with van der Waals surface area (Å²) >= 11 is 6.63. The summed E-state index contributed by atoms with van der Waals surface area (Å²) in [5.41, 5.74) is 1.68. The van der Waals surface area contributed by atoms with Gasteiger partial charge in [-0.2, -0.15) is 13.9 Å². The predicted octanol–water partition coefficient (Wildman–Crippen LogP) is 5.53. The molecule has 2 heterocycles. The van der Waals surface area contributed by atoms with E-state index in [9.17, 15) is 13.6 Å². The van der Waals surface area contributed by atoms with Crippen molar-refractivity contribution in [2.24, 2.45) is 11.3 Å². The number of carbonyl (C=O) groups is 1. The average Bonchev–Trinajstić information content (AvgIpc) is 3.08. The monoisotopic (exact) mass is 496 g/mol. The second-order valence-corrected chi connectivity index (χ2v) is 10.6. The standard InChI is InChI=1S/C25H35ClF2N4O2/c1-6-32-22(18-10-8-16(12-25(3,4)5)11-19(18)34-24(27)28)20(26)21(31-32)23(33)30-14-17-9-7-15(2)13-29-17/h8,10-11,15,17,24,29H,6-7,9,12-14H2,1-5H3,(H,30,33)/t15-,17-/m1/s1. The predicted molar refractivity (Wildman–Crippen MR) is 131 cm³/mol. The number of hydrogen-bond acceptors (Lipinski definition) is 4. The largest absolute Gasteiger partial charge is 0.434 e. The fraction of sp³-hybridized carbons (Fsp3) is 0.600. The molecule has 9 heteroatoms. The summed E-state index contributed by atoms with van der Waals surface area (Å²) in [7, 11) is 0. The van der Waals surface area contributed by atoms with E-state index in [-0.39, 0.29) is 33.8 Å². The van der Waals surface area contributed by atoms with E-state index < -0.39 is 6.61 Å². The number of nitrogens with zero attached hydrogens (tertiary/aromatic N) is 2. The normalized spacial score (nSPS) is 18.9. The number of ether oxygens (including phenoxy) is 1. The van der Waals surface area contributed by atoms with Gasteiger partial charge in [0.2, 0.25) is 0 Å². The zero-order valence-electron chi connectivity index (χ0n) is 20.6. The lowest BCUT2D eigenvalue weighted by molar-refractivity contribution is -0.0495. The highest BCUT2D eigenvalue weighted by molar-refractivity contribution is 6.36. The van der Waals surface area contributed by atoms with Crippen molar-refractivity contribution in [1.29, 1.82) is 0 Å². The molecule has 1 aliphatic heterocycles. The topological polar surface area (TPSA) is 68.2 Å². The van der Waals surface area contributed by atoms with Crippen molar-refractivity contribution < 1.29 is 18.3 Å². The molecule has 3 rings (SSSR count). The molecule has 2 atom stereocenters. The Labute approximate surface area is 205 Å². The summed E-state index contributed by atoms with van der Waals surface area (Å²) in [5.74, 6) is 0.254. The molecule has 1 saturated heterocycles. The molecule has 0 bridgehead atoms. The van der Waals surface area contributed by atoms with Gasteiger partial charge in [0.25, 0.3) is 5.91 Å². The molecule has 1 fully saturated rings. The van der Waals surface area contributed by atoms with Crippen LogP contribution >= 0.6 is 11.6 Å². The Balaban J connectivity index is 1.89. The summed E-state index contributed by atoms with van der Waals surface area (Å²) in [4.78, 5) is 12.9. The first-order valence-electron chi connectivity index (χ1n) is 11.8. The van der Waals surface area contributed by atoms with Crippen molar-refractivity contribution in [3.05, 3.63) is 34.5 Å². The molecule has 1 aromatic heterocycles. The molecule has 1 amide bonds. The number of carbonyl (C=O) groups excluding carboxylic acids is 1. The molecular weight excluding hydrogens is 462 g/mol. The third kappa shape index (κ3) is 6.69. The van der Waals surface area contributed by atoms with Gasteiger partial charge in [0.15, 0.2) is 5.69 Å². The first-order valence-corrected chi connectivity index (χ1v) is 12.2. The molecule has 188 valence electrons. The number of nitrogens with one attached hydrogen (secondary N) is 2. The van der Waals surface area contributed by atoms with Gasteiger partial charge in [0, 0.05) is 24.7 Å². The highest BCUT2D eigenvalue weighted by atomic mass is 35.5. The van der Waals surface area contributed by atoms with E-state index in [1.807, 2.05) is 13.0 Å². The molecule has 0 unspecified atom stereocenters. The Morgan fingerprint density at radius 1 is 1.35 bits per heavy atom. The van der Waals surface area contributed by atoms with Crippen LogP contribution in [0.1, 0.15) is 63.5 Å². The lowest BCUT2D eigenvalue weighted by Crippen LogP contribution is -2.45. The first kappa shape index (κ1) is 26.4. The van der Waals surface area contributed by atoms with E-state index >= 15 is 0 Å². The molecule has 2 N–H and O–H groups in total. The molecule has 0 aliphatic carbocycles. The number of aryl methyl sites for hydroxylation is 1. The first-order chi connectivity index (χ1) is 16.0. The van der Waals surface area contributed by atoms with Crippen LogP contribution in [0.25, 0.3) is 11.3 Å². The SMILES string of the molecule is CCn1nc(C(=O)NC[C@H]2CC[C@@H](C)CN2)c(Cl)c1-c1ccc(CC(C)(C)C)cc1OC(F)F. The molecule has 2 aromatic rings. The number of amides is 1. The average molecular weight is 497 g/mol. The van der Waals surface area contributed by atoms with Crippen LogP contribution in [0.15, 0.2) is 18.2 Å². The summed E-state index contributed by atoms with van der Waals surface area (Å²) in [6, 6.07) is 5.40. The number of halogens is 3. The Kier molecular flexibility index (Phi) is 8.57. The van der Waals surface area contributed by atoms with Crippen molar-refractivity contribution in [3.63, 3.8) is 0 Å². The van der Waals surface area contributed by atoms with Crippen molar-refractivity contribution in [2.75, 3.05) is 13.1 Å². The smallest absolute Gasteiger partial charge is 0.387 e. The second kappa shape index (κ2) is 11.0. The van der Waals surface area contributed by atoms with E-state index in [1.54, 1.807) is 16.8 Å². The fourth-order valence-corrected chi connectivity index (χ4v) is 4.60. The van der Waals surface area contributed by atoms with E-state index in [0.717, 1.165) is 24.9 Å². The van der Waals surface area contributed by atoms with Crippen molar-refractivity contribution in [3.8, 4) is 17.0 Å². The van der Waals surface area contributed by atoms with Crippen LogP contribution in [0.2, 0.25) is 5.02 Å². The van der Waals surface area contributed by atoms with Crippen LogP contribution in [0.4, 0.5) is 8.78 Å². The minimum absolute atomic E-state index is 0.0146. The molecule has 6 nitrogen and oxygen atoms in total. The minimum Gasteiger partial charge on any atom is -0.434 e. The molecule has 0 saturated carbocycles. The van der Waals surface area contributed by atoms with E-state index in [1.165, 1.54) is 0 Å². The molecular formula is C25H35ClF2N4O2. The third-order valence-electron chi connectivity index (χ3n) is 5.93. The van der Waals surface area contributed by atoms with E-state index in [0.29, 0.717) is 36.7 Å². The van der Waals surface area contributed by atoms with E-state index in [4.69, 9.17) is 16.3 Å². The van der Waals surface area contributed by atoms with Gasteiger partial charge in [0.1, 0.15) is 5.75 Å². The zero-order chi connectivity index (χ0) is 25.0. The quantitative estimate of drug-likeness (QED) is 0.504. The van der Waals surface area contributed by atoms with Gasteiger partial charge in [-0.15, -0.1) is 0 Å². The zero-order valence-corrected chi connectivity index (χ0v) is 21.3. The Hall–Kier alpha value is -2.19. The van der Waals surface area contributed by atoms with Gasteiger partial charge in [-0.25, -0.2) is 0 Å². The lowest BCUT2D eigenvalue weighted by Gasteiger charge is -2.27. The molecule has 0 radical (unpaired) electrons. The lowest BCUT2D eigenvalue weighted by atomic mass is 9.87. The Morgan fingerprint density at radius 2 is 2.09 bits per heavy atom. The number of aromatic nitrogens is 2. The van der Waals surface area contributed by atoms with Crippen LogP contribution in [0, 0.1) is 11.3 Å². The maximum atomic E-state index is 13.3. The van der Waals surface area contributed by atoms with Crippen LogP contribution in [0.5, 0.6) is 5.75 Å². The summed E-state index contributed by atoms with van der Waals surface area (Å²) in [5, 5.41) is 10.8. The van der Waals surface area contributed by atoms with Crippen LogP contribution < -0.4 is 15.4 Å². The highest BCUT2D eigenvalue weighted by Crippen LogP contribution is 2.39. The number of hydrogen-bond donors (Lipinski definition) is 2. The van der Waals surface area contributed by atoms with Crippen molar-refractivity contribution >= 4 is 17.5 Å². The number of alkyl halides is 2. The van der Waals surface area contributed by atoms with Gasteiger partial charge in [0.05, 0.1) is 10.7 Å². The summed E-state index contributed by atoms with van der Waals surface area (Å²) in [6.07, 6.45) is 2.79. The van der Waals surface area contributed by atoms with E-state index in [2.05, 4.69) is 43.4 Å². The minimum atomic E-state index is -2.99. The number of benzene rings is 1. The maximum absolute atomic E-state index is 13.3. The number of piperidine rings is 1. The fourth-order valence-electron chi connectivity index (χ4n) is 4.28. The Morgan fingerprint density at radius 3 is 2.68 bits per heavy atom.